The Bertz CT molecular complexity index is 635. The van der Waals surface area contributed by atoms with Crippen LogP contribution < -0.4 is 5.43 Å². The molecule has 0 amide bonds. The van der Waals surface area contributed by atoms with Crippen LogP contribution in [0.15, 0.2) is 35.1 Å². The predicted octanol–water partition coefficient (Wildman–Crippen LogP) is 1.36. The van der Waals surface area contributed by atoms with Crippen molar-refractivity contribution in [1.29, 1.82) is 0 Å². The lowest BCUT2D eigenvalue weighted by atomic mass is 10.1. The average Bonchev–Trinajstić information content (AvgIpc) is 2.38. The number of carbonyl (C=O) groups excluding carboxylic acids is 1. The topological polar surface area (TPSA) is 72.0 Å². The molecule has 1 aromatic heterocycles. The number of aromatic amines is 1. The van der Waals surface area contributed by atoms with Gasteiger partial charge in [-0.05, 0) is 29.8 Å². The number of halogens is 1. The summed E-state index contributed by atoms with van der Waals surface area (Å²) in [7, 11) is 1.16. The van der Waals surface area contributed by atoms with Crippen LogP contribution in [-0.4, -0.2) is 23.3 Å². The summed E-state index contributed by atoms with van der Waals surface area (Å²) in [6.07, 6.45) is 0. The third-order valence-corrected chi connectivity index (χ3v) is 2.33. The smallest absolute Gasteiger partial charge is 0.362 e. The molecule has 1 N–H and O–H groups in total. The Hall–Kier alpha value is -2.50. The van der Waals surface area contributed by atoms with Crippen molar-refractivity contribution in [3.8, 4) is 11.3 Å². The van der Waals surface area contributed by atoms with Crippen LogP contribution in [0.2, 0.25) is 0 Å². The summed E-state index contributed by atoms with van der Waals surface area (Å²) >= 11 is 0. The second kappa shape index (κ2) is 4.79. The van der Waals surface area contributed by atoms with Gasteiger partial charge in [-0.2, -0.15) is 5.10 Å². The van der Waals surface area contributed by atoms with Gasteiger partial charge in [0, 0.05) is 6.07 Å². The Morgan fingerprint density at radius 2 is 2.00 bits per heavy atom. The highest BCUT2D eigenvalue weighted by molar-refractivity contribution is 5.87. The van der Waals surface area contributed by atoms with Gasteiger partial charge in [-0.25, -0.2) is 9.18 Å². The van der Waals surface area contributed by atoms with Crippen LogP contribution >= 0.6 is 0 Å². The molecule has 0 unspecified atom stereocenters. The van der Waals surface area contributed by atoms with Crippen molar-refractivity contribution in [2.24, 2.45) is 0 Å². The SMILES string of the molecule is COC(=O)c1n[nH]c(-c2ccc(F)cc2)cc1=O. The van der Waals surface area contributed by atoms with E-state index in [2.05, 4.69) is 14.9 Å². The average molecular weight is 248 g/mol. The minimum absolute atomic E-state index is 0.316. The van der Waals surface area contributed by atoms with E-state index in [9.17, 15) is 14.0 Å². The van der Waals surface area contributed by atoms with Gasteiger partial charge in [0.25, 0.3) is 0 Å². The van der Waals surface area contributed by atoms with Crippen LogP contribution in [0.4, 0.5) is 4.39 Å². The third-order valence-electron chi connectivity index (χ3n) is 2.33. The molecular weight excluding hydrogens is 239 g/mol. The van der Waals surface area contributed by atoms with E-state index in [0.717, 1.165) is 7.11 Å². The highest BCUT2D eigenvalue weighted by Gasteiger charge is 2.13. The molecule has 92 valence electrons. The number of benzene rings is 1. The quantitative estimate of drug-likeness (QED) is 0.814. The second-order valence-electron chi connectivity index (χ2n) is 3.49. The zero-order valence-electron chi connectivity index (χ0n) is 9.44. The van der Waals surface area contributed by atoms with E-state index in [4.69, 9.17) is 0 Å². The molecule has 0 aliphatic heterocycles. The molecule has 0 atom stereocenters. The molecule has 2 rings (SSSR count). The number of carbonyl (C=O) groups is 1. The van der Waals surface area contributed by atoms with Crippen LogP contribution in [0.3, 0.4) is 0 Å². The summed E-state index contributed by atoms with van der Waals surface area (Å²) in [6.45, 7) is 0. The summed E-state index contributed by atoms with van der Waals surface area (Å²) in [5.41, 5.74) is 0.119. The zero-order chi connectivity index (χ0) is 13.1. The first-order chi connectivity index (χ1) is 8.61. The summed E-state index contributed by atoms with van der Waals surface area (Å²) in [5, 5.41) is 6.20. The number of H-pyrrole nitrogens is 1. The molecule has 0 bridgehead atoms. The molecule has 0 fully saturated rings. The van der Waals surface area contributed by atoms with Gasteiger partial charge in [0.05, 0.1) is 12.8 Å². The van der Waals surface area contributed by atoms with Gasteiger partial charge in [0.2, 0.25) is 11.1 Å². The van der Waals surface area contributed by atoms with E-state index in [0.29, 0.717) is 11.3 Å². The summed E-state index contributed by atoms with van der Waals surface area (Å²) in [6, 6.07) is 6.75. The van der Waals surface area contributed by atoms with Crippen molar-refractivity contribution in [3.63, 3.8) is 0 Å². The fourth-order valence-corrected chi connectivity index (χ4v) is 1.42. The van der Waals surface area contributed by atoms with Gasteiger partial charge in [-0.15, -0.1) is 0 Å². The molecule has 0 saturated heterocycles. The highest BCUT2D eigenvalue weighted by Crippen LogP contribution is 2.14. The first-order valence-electron chi connectivity index (χ1n) is 5.06. The molecule has 0 aliphatic carbocycles. The fourth-order valence-electron chi connectivity index (χ4n) is 1.42. The molecule has 0 spiro atoms. The number of aromatic nitrogens is 2. The molecule has 5 nitrogen and oxygen atoms in total. The minimum Gasteiger partial charge on any atom is -0.464 e. The minimum atomic E-state index is -0.804. The van der Waals surface area contributed by atoms with Crippen LogP contribution in [-0.2, 0) is 4.74 Å². The van der Waals surface area contributed by atoms with E-state index >= 15 is 0 Å². The Morgan fingerprint density at radius 3 is 2.56 bits per heavy atom. The van der Waals surface area contributed by atoms with Crippen molar-refractivity contribution in [1.82, 2.24) is 10.2 Å². The first kappa shape index (κ1) is 12.0. The number of hydrogen-bond donors (Lipinski definition) is 1. The number of nitrogens with one attached hydrogen (secondary N) is 1. The Balaban J connectivity index is 2.43. The maximum absolute atomic E-state index is 12.7. The molecule has 1 aromatic carbocycles. The second-order valence-corrected chi connectivity index (χ2v) is 3.49. The summed E-state index contributed by atoms with van der Waals surface area (Å²) < 4.78 is 17.2. The van der Waals surface area contributed by atoms with E-state index in [1.165, 1.54) is 30.3 Å². The molecule has 2 aromatic rings. The lowest BCUT2D eigenvalue weighted by Gasteiger charge is -2.02. The first-order valence-corrected chi connectivity index (χ1v) is 5.06. The Labute approximate surface area is 101 Å². The van der Waals surface area contributed by atoms with Crippen molar-refractivity contribution < 1.29 is 13.9 Å². The maximum Gasteiger partial charge on any atom is 0.362 e. The monoisotopic (exact) mass is 248 g/mol. The molecule has 0 aliphatic rings. The van der Waals surface area contributed by atoms with E-state index in [-0.39, 0.29) is 11.5 Å². The Morgan fingerprint density at radius 1 is 1.33 bits per heavy atom. The molecule has 1 heterocycles. The van der Waals surface area contributed by atoms with Gasteiger partial charge in [-0.1, -0.05) is 0 Å². The number of methoxy groups -OCH3 is 1. The zero-order valence-corrected chi connectivity index (χ0v) is 9.44. The molecule has 6 heteroatoms. The van der Waals surface area contributed by atoms with Gasteiger partial charge in [0.1, 0.15) is 5.82 Å². The predicted molar refractivity (Wildman–Crippen MR) is 61.6 cm³/mol. The van der Waals surface area contributed by atoms with Crippen LogP contribution in [0, 0.1) is 5.82 Å². The van der Waals surface area contributed by atoms with Gasteiger partial charge < -0.3 is 4.74 Å². The van der Waals surface area contributed by atoms with Gasteiger partial charge in [0.15, 0.2) is 0 Å². The summed E-state index contributed by atoms with van der Waals surface area (Å²) in [4.78, 5) is 22.8. The van der Waals surface area contributed by atoms with Gasteiger partial charge >= 0.3 is 5.97 Å². The van der Waals surface area contributed by atoms with E-state index in [1.807, 2.05) is 0 Å². The third kappa shape index (κ3) is 2.27. The Kier molecular flexibility index (Phi) is 3.18. The molecule has 18 heavy (non-hydrogen) atoms. The van der Waals surface area contributed by atoms with Crippen LogP contribution in [0.1, 0.15) is 10.5 Å². The number of ether oxygens (including phenoxy) is 1. The standard InChI is InChI=1S/C12H9FN2O3/c1-18-12(17)11-10(16)6-9(14-15-11)7-2-4-8(13)5-3-7/h2-6H,1H3,(H,14,16). The highest BCUT2D eigenvalue weighted by atomic mass is 19.1. The van der Waals surface area contributed by atoms with Crippen molar-refractivity contribution in [2.45, 2.75) is 0 Å². The molecular formula is C12H9FN2O3. The van der Waals surface area contributed by atoms with E-state index in [1.54, 1.807) is 0 Å². The fraction of sp³-hybridized carbons (Fsp3) is 0.0833. The van der Waals surface area contributed by atoms with Gasteiger partial charge in [-0.3, -0.25) is 9.89 Å². The number of nitrogens with zero attached hydrogens (tertiary/aromatic N) is 1. The maximum atomic E-state index is 12.7. The normalized spacial score (nSPS) is 10.1. The number of hydrogen-bond acceptors (Lipinski definition) is 4. The number of esters is 1. The summed E-state index contributed by atoms with van der Waals surface area (Å²) in [5.74, 6) is -1.18. The van der Waals surface area contributed by atoms with Crippen molar-refractivity contribution >= 4 is 5.97 Å². The van der Waals surface area contributed by atoms with Crippen molar-refractivity contribution in [2.75, 3.05) is 7.11 Å². The van der Waals surface area contributed by atoms with Crippen LogP contribution in [0.25, 0.3) is 11.3 Å². The molecule has 0 saturated carbocycles. The van der Waals surface area contributed by atoms with E-state index < -0.39 is 11.4 Å². The lowest BCUT2D eigenvalue weighted by Crippen LogP contribution is -2.19. The largest absolute Gasteiger partial charge is 0.464 e. The molecule has 0 radical (unpaired) electrons. The van der Waals surface area contributed by atoms with Crippen LogP contribution in [0.5, 0.6) is 0 Å². The number of rotatable bonds is 2. The van der Waals surface area contributed by atoms with Crippen molar-refractivity contribution in [3.05, 3.63) is 52.1 Å². The lowest BCUT2D eigenvalue weighted by molar-refractivity contribution is 0.0591.